The molecular formula is C19H21N3O4. The van der Waals surface area contributed by atoms with Gasteiger partial charge in [-0.1, -0.05) is 12.1 Å². The summed E-state index contributed by atoms with van der Waals surface area (Å²) in [6.45, 7) is 3.66. The summed E-state index contributed by atoms with van der Waals surface area (Å²) in [5.41, 5.74) is 2.65. The zero-order chi connectivity index (χ0) is 18.8. The van der Waals surface area contributed by atoms with Crippen LogP contribution in [0.1, 0.15) is 35.4 Å². The number of benzene rings is 1. The molecule has 0 N–H and O–H groups in total. The van der Waals surface area contributed by atoms with Gasteiger partial charge in [0.25, 0.3) is 0 Å². The number of carbonyl (C=O) groups is 1. The predicted molar refractivity (Wildman–Crippen MR) is 97.2 cm³/mol. The number of nitro groups is 1. The standard InChI is InChI=1S/C19H21N3O4/c1-12-19(22(24)25)13(2)21(20-12)11-16-10-14(5-9-18(16)26-3)4-8-17(23)15-6-7-15/h4-5,8-10,15H,6-7,11H2,1-3H3. The van der Waals surface area contributed by atoms with Gasteiger partial charge in [-0.2, -0.15) is 5.10 Å². The summed E-state index contributed by atoms with van der Waals surface area (Å²) in [4.78, 5) is 22.6. The highest BCUT2D eigenvalue weighted by molar-refractivity contribution is 5.96. The Morgan fingerprint density at radius 2 is 2.15 bits per heavy atom. The van der Waals surface area contributed by atoms with Crippen molar-refractivity contribution < 1.29 is 14.5 Å². The molecule has 3 rings (SSSR count). The van der Waals surface area contributed by atoms with Crippen molar-refractivity contribution in [1.82, 2.24) is 9.78 Å². The SMILES string of the molecule is COc1ccc(C=CC(=O)C2CC2)cc1Cn1nc(C)c([N+](=O)[O-])c1C. The number of aryl methyl sites for hydroxylation is 1. The van der Waals surface area contributed by atoms with E-state index >= 15 is 0 Å². The normalized spacial score (nSPS) is 14.0. The zero-order valence-electron chi connectivity index (χ0n) is 15.1. The Bertz CT molecular complexity index is 894. The lowest BCUT2D eigenvalue weighted by molar-refractivity contribution is -0.386. The van der Waals surface area contributed by atoms with E-state index in [1.165, 1.54) is 0 Å². The van der Waals surface area contributed by atoms with Crippen molar-refractivity contribution >= 4 is 17.5 Å². The summed E-state index contributed by atoms with van der Waals surface area (Å²) >= 11 is 0. The Morgan fingerprint density at radius 3 is 2.73 bits per heavy atom. The number of aromatic nitrogens is 2. The number of hydrogen-bond acceptors (Lipinski definition) is 5. The van der Waals surface area contributed by atoms with E-state index in [-0.39, 0.29) is 17.4 Å². The number of carbonyl (C=O) groups excluding carboxylic acids is 1. The van der Waals surface area contributed by atoms with Crippen LogP contribution in [0.15, 0.2) is 24.3 Å². The van der Waals surface area contributed by atoms with E-state index in [4.69, 9.17) is 4.74 Å². The monoisotopic (exact) mass is 355 g/mol. The lowest BCUT2D eigenvalue weighted by Gasteiger charge is -2.10. The van der Waals surface area contributed by atoms with Crippen molar-refractivity contribution in [1.29, 1.82) is 0 Å². The Hall–Kier alpha value is -2.96. The topological polar surface area (TPSA) is 87.3 Å². The van der Waals surface area contributed by atoms with Gasteiger partial charge >= 0.3 is 5.69 Å². The van der Waals surface area contributed by atoms with Gasteiger partial charge in [-0.3, -0.25) is 19.6 Å². The Balaban J connectivity index is 1.88. The van der Waals surface area contributed by atoms with Gasteiger partial charge in [0.15, 0.2) is 5.78 Å². The van der Waals surface area contributed by atoms with E-state index in [1.807, 2.05) is 18.2 Å². The summed E-state index contributed by atoms with van der Waals surface area (Å²) in [5, 5.41) is 15.5. The van der Waals surface area contributed by atoms with E-state index in [1.54, 1.807) is 37.8 Å². The molecule has 0 amide bonds. The average molecular weight is 355 g/mol. The summed E-state index contributed by atoms with van der Waals surface area (Å²) in [6, 6.07) is 5.62. The van der Waals surface area contributed by atoms with Crippen LogP contribution in [0.5, 0.6) is 5.75 Å². The molecule has 1 aromatic heterocycles. The summed E-state index contributed by atoms with van der Waals surface area (Å²) in [7, 11) is 1.58. The Labute approximate surface area is 151 Å². The third-order valence-corrected chi connectivity index (χ3v) is 4.57. The van der Waals surface area contributed by atoms with Gasteiger partial charge in [-0.15, -0.1) is 0 Å². The molecule has 7 heteroatoms. The molecule has 0 bridgehead atoms. The number of hydrogen-bond donors (Lipinski definition) is 0. The molecule has 1 heterocycles. The Morgan fingerprint density at radius 1 is 1.42 bits per heavy atom. The number of ketones is 1. The molecule has 0 unspecified atom stereocenters. The largest absolute Gasteiger partial charge is 0.496 e. The number of rotatable bonds is 7. The first-order valence-electron chi connectivity index (χ1n) is 8.48. The molecule has 1 saturated carbocycles. The molecule has 0 atom stereocenters. The van der Waals surface area contributed by atoms with E-state index in [9.17, 15) is 14.9 Å². The summed E-state index contributed by atoms with van der Waals surface area (Å²) in [6.07, 6.45) is 5.38. The number of ether oxygens (including phenoxy) is 1. The van der Waals surface area contributed by atoms with E-state index in [2.05, 4.69) is 5.10 Å². The quantitative estimate of drug-likeness (QED) is 0.431. The molecule has 1 aliphatic rings. The van der Waals surface area contributed by atoms with Gasteiger partial charge in [0.2, 0.25) is 0 Å². The van der Waals surface area contributed by atoms with Crippen LogP contribution in [0.4, 0.5) is 5.69 Å². The smallest absolute Gasteiger partial charge is 0.312 e. The molecule has 0 saturated heterocycles. The number of nitrogens with zero attached hydrogens (tertiary/aromatic N) is 3. The van der Waals surface area contributed by atoms with Crippen molar-refractivity contribution in [2.24, 2.45) is 5.92 Å². The lowest BCUT2D eigenvalue weighted by Crippen LogP contribution is -2.06. The molecule has 7 nitrogen and oxygen atoms in total. The van der Waals surface area contributed by atoms with Crippen molar-refractivity contribution in [3.05, 3.63) is 56.9 Å². The highest BCUT2D eigenvalue weighted by atomic mass is 16.6. The lowest BCUT2D eigenvalue weighted by atomic mass is 10.1. The minimum absolute atomic E-state index is 0.0371. The second-order valence-corrected chi connectivity index (χ2v) is 6.52. The molecule has 1 aromatic carbocycles. The van der Waals surface area contributed by atoms with Gasteiger partial charge in [-0.05, 0) is 50.5 Å². The van der Waals surface area contributed by atoms with Crippen LogP contribution in [0.3, 0.4) is 0 Å². The number of allylic oxidation sites excluding steroid dienone is 1. The first-order valence-corrected chi connectivity index (χ1v) is 8.48. The maximum Gasteiger partial charge on any atom is 0.312 e. The van der Waals surface area contributed by atoms with Gasteiger partial charge < -0.3 is 4.74 Å². The molecule has 1 aliphatic carbocycles. The van der Waals surface area contributed by atoms with Crippen LogP contribution in [-0.4, -0.2) is 27.6 Å². The highest BCUT2D eigenvalue weighted by Gasteiger charge is 2.27. The minimum atomic E-state index is -0.409. The van der Waals surface area contributed by atoms with Crippen molar-refractivity contribution in [2.45, 2.75) is 33.2 Å². The second-order valence-electron chi connectivity index (χ2n) is 6.52. The third kappa shape index (κ3) is 3.66. The van der Waals surface area contributed by atoms with Gasteiger partial charge in [-0.25, -0.2) is 0 Å². The fourth-order valence-electron chi connectivity index (χ4n) is 2.98. The first-order chi connectivity index (χ1) is 12.4. The van der Waals surface area contributed by atoms with Crippen LogP contribution in [0.2, 0.25) is 0 Å². The second kappa shape index (κ2) is 7.11. The van der Waals surface area contributed by atoms with Crippen molar-refractivity contribution in [3.8, 4) is 5.75 Å². The maximum atomic E-state index is 11.8. The van der Waals surface area contributed by atoms with Crippen molar-refractivity contribution in [2.75, 3.05) is 7.11 Å². The van der Waals surface area contributed by atoms with Gasteiger partial charge in [0.1, 0.15) is 17.1 Å². The van der Waals surface area contributed by atoms with Crippen LogP contribution in [0.25, 0.3) is 6.08 Å². The van der Waals surface area contributed by atoms with Crippen molar-refractivity contribution in [3.63, 3.8) is 0 Å². The first kappa shape index (κ1) is 17.8. The molecule has 0 aliphatic heterocycles. The molecule has 1 fully saturated rings. The fraction of sp³-hybridized carbons (Fsp3) is 0.368. The molecule has 136 valence electrons. The van der Waals surface area contributed by atoms with Gasteiger partial charge in [0.05, 0.1) is 18.6 Å². The molecular weight excluding hydrogens is 334 g/mol. The minimum Gasteiger partial charge on any atom is -0.496 e. The maximum absolute atomic E-state index is 11.8. The van der Waals surface area contributed by atoms with Crippen LogP contribution in [-0.2, 0) is 11.3 Å². The third-order valence-electron chi connectivity index (χ3n) is 4.57. The van der Waals surface area contributed by atoms with E-state index in [0.29, 0.717) is 23.7 Å². The van der Waals surface area contributed by atoms with E-state index in [0.717, 1.165) is 24.0 Å². The predicted octanol–water partition coefficient (Wildman–Crippen LogP) is 3.46. The number of methoxy groups -OCH3 is 1. The van der Waals surface area contributed by atoms with Crippen LogP contribution < -0.4 is 4.74 Å². The summed E-state index contributed by atoms with van der Waals surface area (Å²) in [5.74, 6) is 1.03. The summed E-state index contributed by atoms with van der Waals surface area (Å²) < 4.78 is 7.01. The fourth-order valence-corrected chi connectivity index (χ4v) is 2.98. The molecule has 2 aromatic rings. The van der Waals surface area contributed by atoms with Gasteiger partial charge in [0, 0.05) is 11.5 Å². The van der Waals surface area contributed by atoms with E-state index < -0.39 is 4.92 Å². The van der Waals surface area contributed by atoms with Crippen LogP contribution in [0, 0.1) is 29.9 Å². The Kier molecular flexibility index (Phi) is 4.88. The molecule has 0 radical (unpaired) electrons. The zero-order valence-corrected chi connectivity index (χ0v) is 15.1. The average Bonchev–Trinajstić information content (AvgIpc) is 3.40. The molecule has 0 spiro atoms. The van der Waals surface area contributed by atoms with Crippen LogP contribution >= 0.6 is 0 Å². The molecule has 26 heavy (non-hydrogen) atoms. The highest BCUT2D eigenvalue weighted by Crippen LogP contribution is 2.30.